The Hall–Kier alpha value is -1.24. The van der Waals surface area contributed by atoms with Gasteiger partial charge in [0.1, 0.15) is 0 Å². The molecule has 0 bridgehead atoms. The molecule has 0 aromatic carbocycles. The van der Waals surface area contributed by atoms with E-state index in [0.717, 1.165) is 12.3 Å². The summed E-state index contributed by atoms with van der Waals surface area (Å²) < 4.78 is 37.0. The Kier molecular flexibility index (Phi) is 3.52. The topological polar surface area (TPSA) is 33.2 Å². The molecule has 0 spiro atoms. The van der Waals surface area contributed by atoms with Crippen LogP contribution in [0.1, 0.15) is 17.7 Å². The van der Waals surface area contributed by atoms with Gasteiger partial charge in [-0.25, -0.2) is 0 Å². The van der Waals surface area contributed by atoms with E-state index in [2.05, 4.69) is 17.6 Å². The molecule has 1 atom stereocenters. The highest BCUT2D eigenvalue weighted by molar-refractivity contribution is 7.81. The number of amides is 1. The fourth-order valence-electron chi connectivity index (χ4n) is 1.79. The maximum Gasteiger partial charge on any atom is 0.417 e. The zero-order valence-electron chi connectivity index (χ0n) is 9.31. The Labute approximate surface area is 107 Å². The summed E-state index contributed by atoms with van der Waals surface area (Å²) >= 11 is 4.20. The third-order valence-electron chi connectivity index (χ3n) is 2.70. The molecule has 1 fully saturated rings. The summed E-state index contributed by atoms with van der Waals surface area (Å²) in [5.74, 6) is -0.0447. The number of pyridine rings is 1. The predicted octanol–water partition coefficient (Wildman–Crippen LogP) is 2.13. The summed E-state index contributed by atoms with van der Waals surface area (Å²) in [5, 5.41) is -0.00746. The molecule has 98 valence electrons. The zero-order valence-corrected chi connectivity index (χ0v) is 10.2. The molecule has 7 heteroatoms. The van der Waals surface area contributed by atoms with E-state index in [9.17, 15) is 18.0 Å². The van der Waals surface area contributed by atoms with Crippen molar-refractivity contribution >= 4 is 18.5 Å². The van der Waals surface area contributed by atoms with Crippen LogP contribution in [-0.2, 0) is 17.5 Å². The average molecular weight is 276 g/mol. The number of hydrogen-bond acceptors (Lipinski definition) is 3. The molecule has 2 heterocycles. The van der Waals surface area contributed by atoms with E-state index in [1.54, 1.807) is 4.90 Å². The van der Waals surface area contributed by atoms with E-state index < -0.39 is 11.7 Å². The Morgan fingerprint density at radius 3 is 2.61 bits per heavy atom. The first-order valence-corrected chi connectivity index (χ1v) is 5.86. The van der Waals surface area contributed by atoms with Crippen molar-refractivity contribution in [3.63, 3.8) is 0 Å². The SMILES string of the molecule is O=C1CC(S)CN1Cc1ccc(C(F)(F)F)cn1. The second-order valence-electron chi connectivity index (χ2n) is 4.17. The zero-order chi connectivity index (χ0) is 13.3. The number of carbonyl (C=O) groups is 1. The summed E-state index contributed by atoms with van der Waals surface area (Å²) in [6.07, 6.45) is -3.23. The van der Waals surface area contributed by atoms with Crippen LogP contribution in [0.15, 0.2) is 18.3 Å². The van der Waals surface area contributed by atoms with Crippen LogP contribution in [0, 0.1) is 0 Å². The van der Waals surface area contributed by atoms with Gasteiger partial charge in [0.05, 0.1) is 17.8 Å². The third kappa shape index (κ3) is 2.95. The molecular formula is C11H11F3N2OS. The predicted molar refractivity (Wildman–Crippen MR) is 62.0 cm³/mol. The molecule has 3 nitrogen and oxygen atoms in total. The lowest BCUT2D eigenvalue weighted by Gasteiger charge is -2.15. The number of halogens is 3. The molecule has 1 unspecified atom stereocenters. The van der Waals surface area contributed by atoms with Gasteiger partial charge in [0, 0.05) is 24.4 Å². The van der Waals surface area contributed by atoms with Gasteiger partial charge >= 0.3 is 6.18 Å². The molecule has 1 aromatic heterocycles. The molecule has 1 aliphatic heterocycles. The first kappa shape index (κ1) is 13.2. The number of alkyl halides is 3. The van der Waals surface area contributed by atoms with E-state index in [1.165, 1.54) is 6.07 Å². The smallest absolute Gasteiger partial charge is 0.336 e. The first-order valence-electron chi connectivity index (χ1n) is 5.34. The van der Waals surface area contributed by atoms with E-state index in [-0.39, 0.29) is 17.7 Å². The third-order valence-corrected chi connectivity index (χ3v) is 3.04. The molecule has 1 aromatic rings. The largest absolute Gasteiger partial charge is 0.417 e. The average Bonchev–Trinajstić information content (AvgIpc) is 2.57. The fraction of sp³-hybridized carbons (Fsp3) is 0.455. The lowest BCUT2D eigenvalue weighted by atomic mass is 10.2. The minimum absolute atomic E-state index is 0.00746. The Bertz CT molecular complexity index is 447. The maximum atomic E-state index is 12.3. The van der Waals surface area contributed by atoms with E-state index >= 15 is 0 Å². The normalized spacial score (nSPS) is 20.6. The molecule has 2 rings (SSSR count). The van der Waals surface area contributed by atoms with Crippen LogP contribution in [0.3, 0.4) is 0 Å². The number of aromatic nitrogens is 1. The van der Waals surface area contributed by atoms with Crippen LogP contribution >= 0.6 is 12.6 Å². The Morgan fingerprint density at radius 1 is 1.44 bits per heavy atom. The van der Waals surface area contributed by atoms with Gasteiger partial charge in [-0.1, -0.05) is 0 Å². The van der Waals surface area contributed by atoms with Crippen molar-refractivity contribution in [2.24, 2.45) is 0 Å². The lowest BCUT2D eigenvalue weighted by Crippen LogP contribution is -2.25. The minimum Gasteiger partial charge on any atom is -0.336 e. The molecule has 1 aliphatic rings. The van der Waals surface area contributed by atoms with Crippen molar-refractivity contribution < 1.29 is 18.0 Å². The standard InChI is InChI=1S/C11H11F3N2OS/c12-11(13,14)7-1-2-8(15-4-7)5-16-6-9(18)3-10(16)17/h1-2,4,9,18H,3,5-6H2. The molecule has 0 saturated carbocycles. The Balaban J connectivity index is 2.05. The molecule has 0 N–H and O–H groups in total. The highest BCUT2D eigenvalue weighted by Crippen LogP contribution is 2.28. The van der Waals surface area contributed by atoms with Gasteiger partial charge in [-0.2, -0.15) is 25.8 Å². The van der Waals surface area contributed by atoms with Crippen molar-refractivity contribution in [1.29, 1.82) is 0 Å². The summed E-state index contributed by atoms with van der Waals surface area (Å²) in [7, 11) is 0. The molecular weight excluding hydrogens is 265 g/mol. The van der Waals surface area contributed by atoms with E-state index in [1.807, 2.05) is 0 Å². The first-order chi connectivity index (χ1) is 8.36. The van der Waals surface area contributed by atoms with Crippen molar-refractivity contribution in [3.05, 3.63) is 29.6 Å². The van der Waals surface area contributed by atoms with Crippen molar-refractivity contribution in [3.8, 4) is 0 Å². The number of thiol groups is 1. The number of likely N-dealkylation sites (tertiary alicyclic amines) is 1. The van der Waals surface area contributed by atoms with Gasteiger partial charge in [0.15, 0.2) is 0 Å². The maximum absolute atomic E-state index is 12.3. The monoisotopic (exact) mass is 276 g/mol. The van der Waals surface area contributed by atoms with Gasteiger partial charge in [-0.05, 0) is 12.1 Å². The molecule has 18 heavy (non-hydrogen) atoms. The second-order valence-corrected chi connectivity index (χ2v) is 4.90. The number of rotatable bonds is 2. The van der Waals surface area contributed by atoms with Crippen molar-refractivity contribution in [2.45, 2.75) is 24.4 Å². The van der Waals surface area contributed by atoms with Crippen LogP contribution in [0.4, 0.5) is 13.2 Å². The summed E-state index contributed by atoms with van der Waals surface area (Å²) in [6.45, 7) is 0.735. The molecule has 1 saturated heterocycles. The van der Waals surface area contributed by atoms with Crippen molar-refractivity contribution in [2.75, 3.05) is 6.54 Å². The summed E-state index contributed by atoms with van der Waals surface area (Å²) in [6, 6.07) is 2.27. The molecule has 1 amide bonds. The van der Waals surface area contributed by atoms with Gasteiger partial charge in [-0.15, -0.1) is 0 Å². The molecule has 0 aliphatic carbocycles. The van der Waals surface area contributed by atoms with Crippen LogP contribution in [0.5, 0.6) is 0 Å². The van der Waals surface area contributed by atoms with Crippen LogP contribution in [0.2, 0.25) is 0 Å². The summed E-state index contributed by atoms with van der Waals surface area (Å²) in [5.41, 5.74) is -0.343. The highest BCUT2D eigenvalue weighted by atomic mass is 32.1. The number of nitrogens with zero attached hydrogens (tertiary/aromatic N) is 2. The van der Waals surface area contributed by atoms with Gasteiger partial charge in [0.25, 0.3) is 0 Å². The Morgan fingerprint density at radius 2 is 2.17 bits per heavy atom. The van der Waals surface area contributed by atoms with Gasteiger partial charge < -0.3 is 4.90 Å². The second kappa shape index (κ2) is 4.79. The van der Waals surface area contributed by atoms with Gasteiger partial charge in [0.2, 0.25) is 5.91 Å². The van der Waals surface area contributed by atoms with E-state index in [0.29, 0.717) is 18.7 Å². The van der Waals surface area contributed by atoms with Crippen LogP contribution in [-0.4, -0.2) is 27.6 Å². The lowest BCUT2D eigenvalue weighted by molar-refractivity contribution is -0.138. The quantitative estimate of drug-likeness (QED) is 0.839. The molecule has 0 radical (unpaired) electrons. The fourth-order valence-corrected chi connectivity index (χ4v) is 2.14. The highest BCUT2D eigenvalue weighted by Gasteiger charge is 2.31. The summed E-state index contributed by atoms with van der Waals surface area (Å²) in [4.78, 5) is 16.8. The van der Waals surface area contributed by atoms with Crippen LogP contribution in [0.25, 0.3) is 0 Å². The van der Waals surface area contributed by atoms with Gasteiger partial charge in [-0.3, -0.25) is 9.78 Å². The number of carbonyl (C=O) groups excluding carboxylic acids is 1. The van der Waals surface area contributed by atoms with E-state index in [4.69, 9.17) is 0 Å². The van der Waals surface area contributed by atoms with Crippen LogP contribution < -0.4 is 0 Å². The minimum atomic E-state index is -4.38. The number of hydrogen-bond donors (Lipinski definition) is 1. The van der Waals surface area contributed by atoms with Crippen molar-refractivity contribution in [1.82, 2.24) is 9.88 Å².